The van der Waals surface area contributed by atoms with Gasteiger partial charge in [0.2, 0.25) is 0 Å². The Balaban J connectivity index is 1.67. The van der Waals surface area contributed by atoms with E-state index in [0.29, 0.717) is 18.3 Å². The van der Waals surface area contributed by atoms with Crippen molar-refractivity contribution in [2.24, 2.45) is 0 Å². The van der Waals surface area contributed by atoms with Crippen LogP contribution in [0.1, 0.15) is 29.8 Å². The van der Waals surface area contributed by atoms with E-state index in [1.807, 2.05) is 12.1 Å². The van der Waals surface area contributed by atoms with E-state index in [9.17, 15) is 4.79 Å². The summed E-state index contributed by atoms with van der Waals surface area (Å²) in [6.45, 7) is 1.77. The Morgan fingerprint density at radius 2 is 2.23 bits per heavy atom. The zero-order valence-corrected chi connectivity index (χ0v) is 12.7. The molecule has 22 heavy (non-hydrogen) atoms. The van der Waals surface area contributed by atoms with Crippen molar-refractivity contribution in [1.82, 2.24) is 25.4 Å². The lowest BCUT2D eigenvalue weighted by molar-refractivity contribution is 0.0924. The molecule has 0 spiro atoms. The fourth-order valence-electron chi connectivity index (χ4n) is 2.91. The molecule has 2 aromatic rings. The number of pyridine rings is 1. The molecule has 1 fully saturated rings. The highest BCUT2D eigenvalue weighted by molar-refractivity contribution is 5.98. The Morgan fingerprint density at radius 3 is 3.00 bits per heavy atom. The number of hydrogen-bond donors (Lipinski definition) is 2. The minimum Gasteiger partial charge on any atom is -0.349 e. The number of likely N-dealkylation sites (N-methyl/N-ethyl adjacent to an activating group) is 1. The summed E-state index contributed by atoms with van der Waals surface area (Å²) in [7, 11) is 2.12. The second-order valence-corrected chi connectivity index (χ2v) is 5.73. The van der Waals surface area contributed by atoms with Crippen LogP contribution in [0, 0.1) is 0 Å². The van der Waals surface area contributed by atoms with Crippen LogP contribution in [0.4, 0.5) is 0 Å². The van der Waals surface area contributed by atoms with E-state index in [-0.39, 0.29) is 5.91 Å². The predicted molar refractivity (Wildman–Crippen MR) is 84.4 cm³/mol. The molecule has 2 N–H and O–H groups in total. The van der Waals surface area contributed by atoms with E-state index in [0.717, 1.165) is 24.1 Å². The average Bonchev–Trinajstić information content (AvgIpc) is 3.04. The molecule has 1 amide bonds. The summed E-state index contributed by atoms with van der Waals surface area (Å²) in [6.07, 6.45) is 8.71. The van der Waals surface area contributed by atoms with Crippen molar-refractivity contribution in [3.8, 4) is 11.1 Å². The molecular formula is C16H21N5O. The SMILES string of the molecule is CN1CCCCC1CNC(=O)c1[nH]ncc1-c1ccncc1. The Bertz CT molecular complexity index is 624. The maximum atomic E-state index is 12.4. The Kier molecular flexibility index (Phi) is 4.48. The lowest BCUT2D eigenvalue weighted by atomic mass is 10.0. The molecule has 1 atom stereocenters. The number of hydrogen-bond acceptors (Lipinski definition) is 4. The molecule has 3 rings (SSSR count). The monoisotopic (exact) mass is 299 g/mol. The number of nitrogens with zero attached hydrogens (tertiary/aromatic N) is 3. The van der Waals surface area contributed by atoms with E-state index >= 15 is 0 Å². The van der Waals surface area contributed by atoms with E-state index in [4.69, 9.17) is 0 Å². The van der Waals surface area contributed by atoms with Crippen LogP contribution in [0.15, 0.2) is 30.7 Å². The topological polar surface area (TPSA) is 73.9 Å². The van der Waals surface area contributed by atoms with Crippen LogP contribution in [0.2, 0.25) is 0 Å². The van der Waals surface area contributed by atoms with Crippen molar-refractivity contribution < 1.29 is 4.79 Å². The molecule has 0 aliphatic carbocycles. The lowest BCUT2D eigenvalue weighted by Gasteiger charge is -2.32. The third kappa shape index (κ3) is 3.17. The highest BCUT2D eigenvalue weighted by Gasteiger charge is 2.21. The molecule has 6 nitrogen and oxygen atoms in total. The number of carbonyl (C=O) groups excluding carboxylic acids is 1. The zero-order valence-electron chi connectivity index (χ0n) is 12.7. The first-order valence-electron chi connectivity index (χ1n) is 7.68. The quantitative estimate of drug-likeness (QED) is 0.901. The Hall–Kier alpha value is -2.21. The summed E-state index contributed by atoms with van der Waals surface area (Å²) < 4.78 is 0. The molecule has 0 aromatic carbocycles. The number of rotatable bonds is 4. The number of aromatic amines is 1. The third-order valence-electron chi connectivity index (χ3n) is 4.28. The molecule has 1 aliphatic heterocycles. The summed E-state index contributed by atoms with van der Waals surface area (Å²) in [5, 5.41) is 9.85. The first-order valence-corrected chi connectivity index (χ1v) is 7.68. The molecule has 0 radical (unpaired) electrons. The van der Waals surface area contributed by atoms with Crippen LogP contribution < -0.4 is 5.32 Å². The minimum atomic E-state index is -0.108. The summed E-state index contributed by atoms with van der Waals surface area (Å²) in [5.74, 6) is -0.108. The van der Waals surface area contributed by atoms with Gasteiger partial charge < -0.3 is 10.2 Å². The maximum absolute atomic E-state index is 12.4. The zero-order chi connectivity index (χ0) is 15.4. The van der Waals surface area contributed by atoms with E-state index in [2.05, 4.69) is 32.4 Å². The first kappa shape index (κ1) is 14.7. The molecule has 1 aliphatic rings. The van der Waals surface area contributed by atoms with Crippen LogP contribution >= 0.6 is 0 Å². The number of carbonyl (C=O) groups is 1. The predicted octanol–water partition coefficient (Wildman–Crippen LogP) is 1.69. The van der Waals surface area contributed by atoms with Crippen LogP contribution in [0.25, 0.3) is 11.1 Å². The summed E-state index contributed by atoms with van der Waals surface area (Å²) in [6, 6.07) is 4.16. The van der Waals surface area contributed by atoms with Gasteiger partial charge in [0.15, 0.2) is 0 Å². The Morgan fingerprint density at radius 1 is 1.41 bits per heavy atom. The van der Waals surface area contributed by atoms with Crippen molar-refractivity contribution in [1.29, 1.82) is 0 Å². The van der Waals surface area contributed by atoms with Gasteiger partial charge in [0, 0.05) is 30.5 Å². The lowest BCUT2D eigenvalue weighted by Crippen LogP contribution is -2.44. The van der Waals surface area contributed by atoms with Crippen LogP contribution in [0.3, 0.4) is 0 Å². The number of piperidine rings is 1. The molecule has 1 saturated heterocycles. The second-order valence-electron chi connectivity index (χ2n) is 5.73. The van der Waals surface area contributed by atoms with Gasteiger partial charge in [-0.25, -0.2) is 0 Å². The van der Waals surface area contributed by atoms with Gasteiger partial charge in [0.05, 0.1) is 6.20 Å². The molecular weight excluding hydrogens is 278 g/mol. The van der Waals surface area contributed by atoms with E-state index in [1.54, 1.807) is 18.6 Å². The van der Waals surface area contributed by atoms with Crippen LogP contribution in [-0.2, 0) is 0 Å². The van der Waals surface area contributed by atoms with Gasteiger partial charge in [-0.2, -0.15) is 5.10 Å². The minimum absolute atomic E-state index is 0.108. The molecule has 116 valence electrons. The van der Waals surface area contributed by atoms with Gasteiger partial charge in [-0.05, 0) is 44.1 Å². The number of nitrogens with one attached hydrogen (secondary N) is 2. The van der Waals surface area contributed by atoms with Gasteiger partial charge in [-0.15, -0.1) is 0 Å². The standard InChI is InChI=1S/C16H21N5O/c1-21-9-3-2-4-13(21)10-18-16(22)15-14(11-19-20-15)12-5-7-17-8-6-12/h5-8,11,13H,2-4,9-10H2,1H3,(H,18,22)(H,19,20). The first-order chi connectivity index (χ1) is 10.8. The fraction of sp³-hybridized carbons (Fsp3) is 0.438. The van der Waals surface area contributed by atoms with Crippen LogP contribution in [-0.4, -0.2) is 52.2 Å². The smallest absolute Gasteiger partial charge is 0.269 e. The summed E-state index contributed by atoms with van der Waals surface area (Å²) >= 11 is 0. The van der Waals surface area contributed by atoms with Gasteiger partial charge in [-0.3, -0.25) is 14.9 Å². The maximum Gasteiger partial charge on any atom is 0.269 e. The van der Waals surface area contributed by atoms with Crippen molar-refractivity contribution in [2.75, 3.05) is 20.1 Å². The molecule has 6 heteroatoms. The van der Waals surface area contributed by atoms with E-state index in [1.165, 1.54) is 12.8 Å². The fourth-order valence-corrected chi connectivity index (χ4v) is 2.91. The molecule has 0 bridgehead atoms. The molecule has 0 saturated carbocycles. The molecule has 1 unspecified atom stereocenters. The molecule has 2 aromatic heterocycles. The highest BCUT2D eigenvalue weighted by atomic mass is 16.1. The van der Waals surface area contributed by atoms with Crippen molar-refractivity contribution in [2.45, 2.75) is 25.3 Å². The number of likely N-dealkylation sites (tertiary alicyclic amines) is 1. The van der Waals surface area contributed by atoms with Gasteiger partial charge >= 0.3 is 0 Å². The van der Waals surface area contributed by atoms with Crippen molar-refractivity contribution in [3.63, 3.8) is 0 Å². The van der Waals surface area contributed by atoms with Gasteiger partial charge in [0.25, 0.3) is 5.91 Å². The van der Waals surface area contributed by atoms with Crippen molar-refractivity contribution in [3.05, 3.63) is 36.4 Å². The van der Waals surface area contributed by atoms with Crippen molar-refractivity contribution >= 4 is 5.91 Å². The van der Waals surface area contributed by atoms with E-state index < -0.39 is 0 Å². The average molecular weight is 299 g/mol. The third-order valence-corrected chi connectivity index (χ3v) is 4.28. The number of aromatic nitrogens is 3. The normalized spacial score (nSPS) is 19.0. The highest BCUT2D eigenvalue weighted by Crippen LogP contribution is 2.21. The second kappa shape index (κ2) is 6.70. The molecule has 3 heterocycles. The Labute approximate surface area is 129 Å². The van der Waals surface area contributed by atoms with Crippen LogP contribution in [0.5, 0.6) is 0 Å². The number of H-pyrrole nitrogens is 1. The largest absolute Gasteiger partial charge is 0.349 e. The summed E-state index contributed by atoms with van der Waals surface area (Å²) in [5.41, 5.74) is 2.24. The van der Waals surface area contributed by atoms with Gasteiger partial charge in [0.1, 0.15) is 5.69 Å². The van der Waals surface area contributed by atoms with Gasteiger partial charge in [-0.1, -0.05) is 6.42 Å². The summed E-state index contributed by atoms with van der Waals surface area (Å²) in [4.78, 5) is 18.8. The number of amides is 1.